The molecule has 0 radical (unpaired) electrons. The number of rotatable bonds is 5. The topological polar surface area (TPSA) is 20.6 Å². The lowest BCUT2D eigenvalue weighted by Crippen LogP contribution is -2.54. The van der Waals surface area contributed by atoms with Gasteiger partial charge in [-0.1, -0.05) is 0 Å². The minimum atomic E-state index is 0.663. The van der Waals surface area contributed by atoms with Crippen LogP contribution in [-0.2, 0) is 17.8 Å². The smallest absolute Gasteiger partial charge is 0.0641 e. The molecule has 1 aromatic rings. The Bertz CT molecular complexity index is 511. The van der Waals surface area contributed by atoms with Crippen LogP contribution in [-0.4, -0.2) is 59.8 Å². The summed E-state index contributed by atoms with van der Waals surface area (Å²) >= 11 is 0. The van der Waals surface area contributed by atoms with Gasteiger partial charge < -0.3 is 9.30 Å². The standard InChI is InChI=1S/C18H31N3O/c1-14-10-17(16(3)21(14)8-9-22-4)12-20-13-18-6-5-7-19(18)11-15(20)2/h10,15,18H,5-9,11-13H2,1-4H3/t15-,18-/m1/s1. The number of aryl methyl sites for hydroxylation is 1. The third kappa shape index (κ3) is 3.10. The molecule has 0 amide bonds. The molecule has 0 saturated carbocycles. The first-order valence-corrected chi connectivity index (χ1v) is 8.72. The summed E-state index contributed by atoms with van der Waals surface area (Å²) in [4.78, 5) is 5.39. The van der Waals surface area contributed by atoms with Crippen LogP contribution in [0.3, 0.4) is 0 Å². The van der Waals surface area contributed by atoms with Gasteiger partial charge in [-0.05, 0) is 51.8 Å². The number of nitrogens with zero attached hydrogens (tertiary/aromatic N) is 3. The van der Waals surface area contributed by atoms with E-state index in [4.69, 9.17) is 4.74 Å². The third-order valence-electron chi connectivity index (χ3n) is 5.64. The number of aromatic nitrogens is 1. The van der Waals surface area contributed by atoms with E-state index in [9.17, 15) is 0 Å². The Hall–Kier alpha value is -0.840. The predicted octanol–water partition coefficient (Wildman–Crippen LogP) is 2.42. The normalized spacial score (nSPS) is 26.5. The average molecular weight is 305 g/mol. The first-order valence-electron chi connectivity index (χ1n) is 8.72. The van der Waals surface area contributed by atoms with E-state index in [1.54, 1.807) is 7.11 Å². The minimum Gasteiger partial charge on any atom is -0.383 e. The maximum Gasteiger partial charge on any atom is 0.0641 e. The predicted molar refractivity (Wildman–Crippen MR) is 90.2 cm³/mol. The molecule has 0 bridgehead atoms. The molecule has 22 heavy (non-hydrogen) atoms. The van der Waals surface area contributed by atoms with E-state index in [0.29, 0.717) is 6.04 Å². The fourth-order valence-electron chi connectivity index (χ4n) is 4.25. The molecule has 1 aromatic heterocycles. The Kier molecular flexibility index (Phi) is 4.91. The summed E-state index contributed by atoms with van der Waals surface area (Å²) in [5.74, 6) is 0. The summed E-state index contributed by atoms with van der Waals surface area (Å²) in [7, 11) is 1.78. The van der Waals surface area contributed by atoms with Crippen LogP contribution in [0.2, 0.25) is 0 Å². The summed E-state index contributed by atoms with van der Waals surface area (Å²) in [5.41, 5.74) is 4.26. The first-order chi connectivity index (χ1) is 10.6. The number of hydrogen-bond donors (Lipinski definition) is 0. The molecule has 3 heterocycles. The molecule has 0 unspecified atom stereocenters. The van der Waals surface area contributed by atoms with Crippen molar-refractivity contribution in [3.8, 4) is 0 Å². The van der Waals surface area contributed by atoms with Gasteiger partial charge in [0.2, 0.25) is 0 Å². The fraction of sp³-hybridized carbons (Fsp3) is 0.778. The van der Waals surface area contributed by atoms with Crippen molar-refractivity contribution < 1.29 is 4.74 Å². The van der Waals surface area contributed by atoms with Crippen molar-refractivity contribution in [3.63, 3.8) is 0 Å². The highest BCUT2D eigenvalue weighted by Gasteiger charge is 2.34. The van der Waals surface area contributed by atoms with Crippen LogP contribution in [0.25, 0.3) is 0 Å². The van der Waals surface area contributed by atoms with E-state index in [2.05, 4.69) is 41.2 Å². The van der Waals surface area contributed by atoms with Gasteiger partial charge in [0, 0.05) is 56.8 Å². The number of hydrogen-bond acceptors (Lipinski definition) is 3. The number of fused-ring (bicyclic) bond motifs is 1. The second-order valence-electron chi connectivity index (χ2n) is 7.11. The van der Waals surface area contributed by atoms with Crippen LogP contribution in [0.4, 0.5) is 0 Å². The molecule has 4 heteroatoms. The highest BCUT2D eigenvalue weighted by molar-refractivity contribution is 5.27. The fourth-order valence-corrected chi connectivity index (χ4v) is 4.25. The summed E-state index contributed by atoms with van der Waals surface area (Å²) < 4.78 is 7.64. The third-order valence-corrected chi connectivity index (χ3v) is 5.64. The molecule has 2 saturated heterocycles. The van der Waals surface area contributed by atoms with Gasteiger partial charge in [-0.2, -0.15) is 0 Å². The molecule has 2 aliphatic heterocycles. The monoisotopic (exact) mass is 305 g/mol. The zero-order valence-electron chi connectivity index (χ0n) is 14.6. The van der Waals surface area contributed by atoms with Crippen molar-refractivity contribution in [3.05, 3.63) is 23.0 Å². The van der Waals surface area contributed by atoms with E-state index < -0.39 is 0 Å². The van der Waals surface area contributed by atoms with Crippen LogP contribution in [0.15, 0.2) is 6.07 Å². The molecule has 124 valence electrons. The van der Waals surface area contributed by atoms with Crippen LogP contribution >= 0.6 is 0 Å². The van der Waals surface area contributed by atoms with E-state index in [0.717, 1.165) is 25.7 Å². The van der Waals surface area contributed by atoms with Crippen molar-refractivity contribution >= 4 is 0 Å². The van der Waals surface area contributed by atoms with Crippen LogP contribution in [0, 0.1) is 13.8 Å². The van der Waals surface area contributed by atoms with Gasteiger partial charge in [-0.25, -0.2) is 0 Å². The number of piperazine rings is 1. The summed E-state index contributed by atoms with van der Waals surface area (Å²) in [6, 6.07) is 3.84. The highest BCUT2D eigenvalue weighted by Crippen LogP contribution is 2.27. The largest absolute Gasteiger partial charge is 0.383 e. The van der Waals surface area contributed by atoms with Crippen molar-refractivity contribution in [2.75, 3.05) is 33.4 Å². The molecule has 0 aromatic carbocycles. The van der Waals surface area contributed by atoms with E-state index >= 15 is 0 Å². The van der Waals surface area contributed by atoms with Crippen LogP contribution in [0.5, 0.6) is 0 Å². The Morgan fingerprint density at radius 2 is 2.09 bits per heavy atom. The molecule has 2 atom stereocenters. The Labute approximate surface area is 135 Å². The Morgan fingerprint density at radius 3 is 2.86 bits per heavy atom. The number of methoxy groups -OCH3 is 1. The molecule has 0 aliphatic carbocycles. The molecule has 0 spiro atoms. The van der Waals surface area contributed by atoms with Gasteiger partial charge in [-0.15, -0.1) is 0 Å². The van der Waals surface area contributed by atoms with Gasteiger partial charge in [0.25, 0.3) is 0 Å². The molecular formula is C18H31N3O. The van der Waals surface area contributed by atoms with Crippen molar-refractivity contribution in [1.82, 2.24) is 14.4 Å². The molecular weight excluding hydrogens is 274 g/mol. The van der Waals surface area contributed by atoms with Crippen LogP contribution in [0.1, 0.15) is 36.7 Å². The van der Waals surface area contributed by atoms with E-state index in [-0.39, 0.29) is 0 Å². The van der Waals surface area contributed by atoms with Gasteiger partial charge in [0.1, 0.15) is 0 Å². The molecule has 2 aliphatic rings. The maximum atomic E-state index is 5.24. The van der Waals surface area contributed by atoms with Crippen molar-refractivity contribution in [2.45, 2.75) is 58.8 Å². The lowest BCUT2D eigenvalue weighted by molar-refractivity contribution is 0.0539. The van der Waals surface area contributed by atoms with Crippen molar-refractivity contribution in [1.29, 1.82) is 0 Å². The molecule has 2 fully saturated rings. The second-order valence-corrected chi connectivity index (χ2v) is 7.11. The van der Waals surface area contributed by atoms with Gasteiger partial charge >= 0.3 is 0 Å². The molecule has 4 nitrogen and oxygen atoms in total. The highest BCUT2D eigenvalue weighted by atomic mass is 16.5. The second kappa shape index (κ2) is 6.73. The maximum absolute atomic E-state index is 5.24. The molecule has 3 rings (SSSR count). The quantitative estimate of drug-likeness (QED) is 0.833. The van der Waals surface area contributed by atoms with Crippen LogP contribution < -0.4 is 0 Å². The van der Waals surface area contributed by atoms with E-state index in [1.165, 1.54) is 49.4 Å². The van der Waals surface area contributed by atoms with Gasteiger partial charge in [0.15, 0.2) is 0 Å². The summed E-state index contributed by atoms with van der Waals surface area (Å²) in [6.07, 6.45) is 2.77. The average Bonchev–Trinajstić information content (AvgIpc) is 3.03. The van der Waals surface area contributed by atoms with E-state index in [1.807, 2.05) is 0 Å². The zero-order valence-corrected chi connectivity index (χ0v) is 14.6. The first kappa shape index (κ1) is 16.0. The number of ether oxygens (including phenoxy) is 1. The lowest BCUT2D eigenvalue weighted by Gasteiger charge is -2.42. The SMILES string of the molecule is COCCn1c(C)cc(CN2C[C@H]3CCCN3C[C@H]2C)c1C. The Balaban J connectivity index is 1.70. The van der Waals surface area contributed by atoms with Gasteiger partial charge in [-0.3, -0.25) is 9.80 Å². The van der Waals surface area contributed by atoms with Gasteiger partial charge in [0.05, 0.1) is 6.61 Å². The summed E-state index contributed by atoms with van der Waals surface area (Å²) in [5, 5.41) is 0. The lowest BCUT2D eigenvalue weighted by atomic mass is 10.1. The summed E-state index contributed by atoms with van der Waals surface area (Å²) in [6.45, 7) is 13.5. The molecule has 0 N–H and O–H groups in total. The van der Waals surface area contributed by atoms with Crippen molar-refractivity contribution in [2.24, 2.45) is 0 Å². The minimum absolute atomic E-state index is 0.663. The zero-order chi connectivity index (χ0) is 15.7. The Morgan fingerprint density at radius 1 is 1.27 bits per heavy atom.